The first-order valence-electron chi connectivity index (χ1n) is 5.85. The van der Waals surface area contributed by atoms with Crippen LogP contribution < -0.4 is 4.74 Å². The average Bonchev–Trinajstić information content (AvgIpc) is 2.77. The summed E-state index contributed by atoms with van der Waals surface area (Å²) >= 11 is 1.37. The first-order valence-corrected chi connectivity index (χ1v) is 6.84. The van der Waals surface area contributed by atoms with Crippen molar-refractivity contribution in [3.63, 3.8) is 0 Å². The van der Waals surface area contributed by atoms with Crippen molar-refractivity contribution in [2.75, 3.05) is 0 Å². The molecule has 1 aromatic heterocycles. The predicted molar refractivity (Wildman–Crippen MR) is 69.6 cm³/mol. The van der Waals surface area contributed by atoms with E-state index in [1.807, 2.05) is 0 Å². The zero-order chi connectivity index (χ0) is 15.5. The Morgan fingerprint density at radius 2 is 1.90 bits per heavy atom. The van der Waals surface area contributed by atoms with E-state index >= 15 is 0 Å². The van der Waals surface area contributed by atoms with Crippen molar-refractivity contribution >= 4 is 11.8 Å². The van der Waals surface area contributed by atoms with E-state index in [0.29, 0.717) is 16.7 Å². The van der Waals surface area contributed by atoms with Crippen LogP contribution in [0, 0.1) is 0 Å². The minimum absolute atomic E-state index is 0.201. The Labute approximate surface area is 122 Å². The van der Waals surface area contributed by atoms with Crippen LogP contribution in [0.15, 0.2) is 29.4 Å². The SMILES string of the molecule is Cn1c(CO)nnc1SCc1ccc(OC(F)(F)F)cc1. The Kier molecular flexibility index (Phi) is 4.73. The number of aliphatic hydroxyl groups is 1. The Hall–Kier alpha value is -1.74. The van der Waals surface area contributed by atoms with Gasteiger partial charge in [0.1, 0.15) is 12.4 Å². The van der Waals surface area contributed by atoms with E-state index in [0.717, 1.165) is 5.56 Å². The summed E-state index contributed by atoms with van der Waals surface area (Å²) < 4.78 is 41.5. The van der Waals surface area contributed by atoms with Gasteiger partial charge < -0.3 is 14.4 Å². The molecule has 21 heavy (non-hydrogen) atoms. The summed E-state index contributed by atoms with van der Waals surface area (Å²) in [6.45, 7) is -0.201. The average molecular weight is 319 g/mol. The summed E-state index contributed by atoms with van der Waals surface area (Å²) in [5, 5.41) is 17.3. The zero-order valence-corrected chi connectivity index (χ0v) is 11.8. The molecule has 0 saturated carbocycles. The fourth-order valence-corrected chi connectivity index (χ4v) is 2.43. The molecule has 0 saturated heterocycles. The van der Waals surface area contributed by atoms with Crippen molar-refractivity contribution in [3.8, 4) is 5.75 Å². The molecular formula is C12H12F3N3O2S. The van der Waals surface area contributed by atoms with Gasteiger partial charge in [-0.3, -0.25) is 0 Å². The molecule has 0 spiro atoms. The number of ether oxygens (including phenoxy) is 1. The second-order valence-corrected chi connectivity index (χ2v) is 5.04. The van der Waals surface area contributed by atoms with Gasteiger partial charge in [0.25, 0.3) is 0 Å². The third-order valence-corrected chi connectivity index (χ3v) is 3.68. The minimum Gasteiger partial charge on any atom is -0.406 e. The van der Waals surface area contributed by atoms with E-state index in [1.54, 1.807) is 23.7 Å². The number of aromatic nitrogens is 3. The van der Waals surface area contributed by atoms with Gasteiger partial charge in [-0.25, -0.2) is 0 Å². The van der Waals surface area contributed by atoms with E-state index in [2.05, 4.69) is 14.9 Å². The highest BCUT2D eigenvalue weighted by atomic mass is 32.2. The highest BCUT2D eigenvalue weighted by Gasteiger charge is 2.30. The normalized spacial score (nSPS) is 11.7. The number of rotatable bonds is 5. The second kappa shape index (κ2) is 6.35. The van der Waals surface area contributed by atoms with Crippen LogP contribution in [0.3, 0.4) is 0 Å². The number of thioether (sulfide) groups is 1. The maximum atomic E-state index is 12.0. The lowest BCUT2D eigenvalue weighted by molar-refractivity contribution is -0.274. The molecule has 9 heteroatoms. The van der Waals surface area contributed by atoms with Gasteiger partial charge >= 0.3 is 6.36 Å². The van der Waals surface area contributed by atoms with Gasteiger partial charge in [0.05, 0.1) is 0 Å². The van der Waals surface area contributed by atoms with E-state index in [4.69, 9.17) is 5.11 Å². The number of hydrogen-bond acceptors (Lipinski definition) is 5. The van der Waals surface area contributed by atoms with Crippen molar-refractivity contribution in [1.82, 2.24) is 14.8 Å². The van der Waals surface area contributed by atoms with Crippen molar-refractivity contribution in [1.29, 1.82) is 0 Å². The second-order valence-electron chi connectivity index (χ2n) is 4.10. The maximum Gasteiger partial charge on any atom is 0.573 e. The van der Waals surface area contributed by atoms with Crippen LogP contribution in [0.5, 0.6) is 5.75 Å². The van der Waals surface area contributed by atoms with Gasteiger partial charge in [-0.2, -0.15) is 0 Å². The molecule has 0 atom stereocenters. The third kappa shape index (κ3) is 4.36. The molecule has 2 aromatic rings. The van der Waals surface area contributed by atoms with Crippen LogP contribution in [-0.2, 0) is 19.4 Å². The smallest absolute Gasteiger partial charge is 0.406 e. The topological polar surface area (TPSA) is 60.2 Å². The van der Waals surface area contributed by atoms with Gasteiger partial charge in [0, 0.05) is 12.8 Å². The first kappa shape index (κ1) is 15.6. The van der Waals surface area contributed by atoms with Crippen molar-refractivity contribution in [2.45, 2.75) is 23.9 Å². The Morgan fingerprint density at radius 1 is 1.24 bits per heavy atom. The van der Waals surface area contributed by atoms with E-state index < -0.39 is 6.36 Å². The quantitative estimate of drug-likeness (QED) is 0.858. The highest BCUT2D eigenvalue weighted by Crippen LogP contribution is 2.25. The predicted octanol–water partition coefficient (Wildman–Crippen LogP) is 2.50. The van der Waals surface area contributed by atoms with Crippen LogP contribution in [0.4, 0.5) is 13.2 Å². The molecule has 0 fully saturated rings. The van der Waals surface area contributed by atoms with Crippen molar-refractivity contribution < 1.29 is 23.0 Å². The lowest BCUT2D eigenvalue weighted by atomic mass is 10.2. The van der Waals surface area contributed by atoms with Gasteiger partial charge in [-0.1, -0.05) is 23.9 Å². The summed E-state index contributed by atoms with van der Waals surface area (Å²) in [5.74, 6) is 0.716. The summed E-state index contributed by atoms with van der Waals surface area (Å²) in [6.07, 6.45) is -4.68. The van der Waals surface area contributed by atoms with Crippen LogP contribution >= 0.6 is 11.8 Å². The first-order chi connectivity index (χ1) is 9.89. The number of halogens is 3. The standard InChI is InChI=1S/C12H12F3N3O2S/c1-18-10(6-19)16-17-11(18)21-7-8-2-4-9(5-3-8)20-12(13,14)15/h2-5,19H,6-7H2,1H3. The van der Waals surface area contributed by atoms with E-state index in [1.165, 1.54) is 23.9 Å². The summed E-state index contributed by atoms with van der Waals surface area (Å²) in [5.41, 5.74) is 0.822. The van der Waals surface area contributed by atoms with Crippen molar-refractivity contribution in [3.05, 3.63) is 35.7 Å². The molecule has 1 heterocycles. The number of hydrogen-bond donors (Lipinski definition) is 1. The van der Waals surface area contributed by atoms with Gasteiger partial charge in [0.2, 0.25) is 0 Å². The lowest BCUT2D eigenvalue weighted by Crippen LogP contribution is -2.16. The third-order valence-electron chi connectivity index (χ3n) is 2.59. The van der Waals surface area contributed by atoms with Gasteiger partial charge in [0.15, 0.2) is 11.0 Å². The van der Waals surface area contributed by atoms with E-state index in [-0.39, 0.29) is 12.4 Å². The number of nitrogens with zero attached hydrogens (tertiary/aromatic N) is 3. The molecule has 114 valence electrons. The largest absolute Gasteiger partial charge is 0.573 e. The summed E-state index contributed by atoms with van der Waals surface area (Å²) in [4.78, 5) is 0. The number of benzene rings is 1. The molecule has 1 aromatic carbocycles. The molecule has 0 aliphatic heterocycles. The molecule has 0 aliphatic rings. The Morgan fingerprint density at radius 3 is 2.43 bits per heavy atom. The molecule has 0 bridgehead atoms. The minimum atomic E-state index is -4.68. The Bertz CT molecular complexity index is 599. The van der Waals surface area contributed by atoms with Crippen LogP contribution in [0.2, 0.25) is 0 Å². The molecular weight excluding hydrogens is 307 g/mol. The summed E-state index contributed by atoms with van der Waals surface area (Å²) in [6, 6.07) is 5.63. The van der Waals surface area contributed by atoms with Crippen molar-refractivity contribution in [2.24, 2.45) is 7.05 Å². The molecule has 0 amide bonds. The van der Waals surface area contributed by atoms with Gasteiger partial charge in [-0.05, 0) is 17.7 Å². The fourth-order valence-electron chi connectivity index (χ4n) is 1.54. The number of aliphatic hydroxyl groups excluding tert-OH is 1. The molecule has 1 N–H and O–H groups in total. The summed E-state index contributed by atoms with van der Waals surface area (Å²) in [7, 11) is 1.73. The van der Waals surface area contributed by atoms with Crippen LogP contribution in [0.1, 0.15) is 11.4 Å². The molecule has 0 radical (unpaired) electrons. The highest BCUT2D eigenvalue weighted by molar-refractivity contribution is 7.98. The maximum absolute atomic E-state index is 12.0. The van der Waals surface area contributed by atoms with Crippen LogP contribution in [-0.4, -0.2) is 26.2 Å². The molecule has 2 rings (SSSR count). The molecule has 5 nitrogen and oxygen atoms in total. The van der Waals surface area contributed by atoms with Crippen LogP contribution in [0.25, 0.3) is 0 Å². The Balaban J connectivity index is 1.96. The number of alkyl halides is 3. The van der Waals surface area contributed by atoms with E-state index in [9.17, 15) is 13.2 Å². The fraction of sp³-hybridized carbons (Fsp3) is 0.333. The monoisotopic (exact) mass is 319 g/mol. The zero-order valence-electron chi connectivity index (χ0n) is 11.0. The molecule has 0 unspecified atom stereocenters. The molecule has 0 aliphatic carbocycles. The lowest BCUT2D eigenvalue weighted by Gasteiger charge is -2.09. The van der Waals surface area contributed by atoms with Gasteiger partial charge in [-0.15, -0.1) is 23.4 Å².